The van der Waals surface area contributed by atoms with Gasteiger partial charge in [-0.25, -0.2) is 0 Å². The molecule has 1 aliphatic rings. The predicted molar refractivity (Wildman–Crippen MR) is 80.2 cm³/mol. The summed E-state index contributed by atoms with van der Waals surface area (Å²) in [6.07, 6.45) is 5.96. The molecule has 6 heteroatoms. The van der Waals surface area contributed by atoms with E-state index in [1.807, 2.05) is 24.3 Å². The Balaban J connectivity index is 1.56. The van der Waals surface area contributed by atoms with Crippen LogP contribution in [0.15, 0.2) is 36.9 Å². The Bertz CT molecular complexity index is 590. The van der Waals surface area contributed by atoms with Gasteiger partial charge >= 0.3 is 0 Å². The molecule has 0 aliphatic carbocycles. The van der Waals surface area contributed by atoms with Crippen LogP contribution in [0.25, 0.3) is 5.69 Å². The summed E-state index contributed by atoms with van der Waals surface area (Å²) in [6, 6.07) is 7.66. The van der Waals surface area contributed by atoms with Crippen molar-refractivity contribution in [1.82, 2.24) is 20.1 Å². The number of aromatic nitrogens is 3. The highest BCUT2D eigenvalue weighted by Gasteiger charge is 2.15. The molecule has 110 valence electrons. The fourth-order valence-corrected chi connectivity index (χ4v) is 2.60. The van der Waals surface area contributed by atoms with Gasteiger partial charge < -0.3 is 10.6 Å². The second-order valence-electron chi connectivity index (χ2n) is 5.37. The summed E-state index contributed by atoms with van der Waals surface area (Å²) in [5.74, 6) is 0.710. The molecule has 1 aliphatic heterocycles. The molecule has 0 saturated carbocycles. The van der Waals surface area contributed by atoms with Gasteiger partial charge in [0.25, 0.3) is 0 Å². The topological polar surface area (TPSA) is 71.8 Å². The number of hydrogen-bond acceptors (Lipinski definition) is 4. The smallest absolute Gasteiger partial charge is 0.224 e. The number of nitrogens with one attached hydrogen (secondary N) is 2. The molecule has 0 spiro atoms. The van der Waals surface area contributed by atoms with Gasteiger partial charge in [-0.15, -0.1) is 10.2 Å². The van der Waals surface area contributed by atoms with Gasteiger partial charge in [-0.3, -0.25) is 9.36 Å². The Morgan fingerprint density at radius 1 is 1.38 bits per heavy atom. The third kappa shape index (κ3) is 3.66. The molecule has 1 aromatic carbocycles. The molecule has 1 aromatic heterocycles. The molecular formula is C15H19N5O. The molecule has 0 bridgehead atoms. The summed E-state index contributed by atoms with van der Waals surface area (Å²) >= 11 is 0. The molecule has 2 heterocycles. The highest BCUT2D eigenvalue weighted by molar-refractivity contribution is 5.90. The van der Waals surface area contributed by atoms with Gasteiger partial charge in [-0.05, 0) is 50.0 Å². The van der Waals surface area contributed by atoms with Gasteiger partial charge in [-0.2, -0.15) is 0 Å². The van der Waals surface area contributed by atoms with Crippen molar-refractivity contribution in [2.75, 3.05) is 18.4 Å². The number of nitrogens with zero attached hydrogens (tertiary/aromatic N) is 3. The Hall–Kier alpha value is -2.21. The van der Waals surface area contributed by atoms with Crippen LogP contribution >= 0.6 is 0 Å². The van der Waals surface area contributed by atoms with E-state index in [0.717, 1.165) is 30.9 Å². The summed E-state index contributed by atoms with van der Waals surface area (Å²) in [7, 11) is 0. The van der Waals surface area contributed by atoms with Crippen molar-refractivity contribution in [1.29, 1.82) is 0 Å². The lowest BCUT2D eigenvalue weighted by molar-refractivity contribution is -0.116. The number of rotatable bonds is 5. The largest absolute Gasteiger partial charge is 0.326 e. The standard InChI is InChI=1S/C15H19N5O/c21-15(5-4-12-6-7-16-9-12)19-13-2-1-3-14(8-13)20-10-17-18-11-20/h1-3,8,10-12,16H,4-7,9H2,(H,19,21). The SMILES string of the molecule is O=C(CCC1CCNC1)Nc1cccc(-n2cnnc2)c1. The van der Waals surface area contributed by atoms with E-state index in [9.17, 15) is 4.79 Å². The normalized spacial score (nSPS) is 17.8. The minimum absolute atomic E-state index is 0.0720. The third-order valence-electron chi connectivity index (χ3n) is 3.79. The van der Waals surface area contributed by atoms with Crippen LogP contribution in [0.5, 0.6) is 0 Å². The zero-order valence-corrected chi connectivity index (χ0v) is 11.8. The lowest BCUT2D eigenvalue weighted by Crippen LogP contribution is -2.15. The first kappa shape index (κ1) is 13.8. The van der Waals surface area contributed by atoms with Crippen molar-refractivity contribution in [3.8, 4) is 5.69 Å². The molecular weight excluding hydrogens is 266 g/mol. The number of hydrogen-bond donors (Lipinski definition) is 2. The maximum absolute atomic E-state index is 12.0. The minimum Gasteiger partial charge on any atom is -0.326 e. The van der Waals surface area contributed by atoms with Gasteiger partial charge in [0.2, 0.25) is 5.91 Å². The summed E-state index contributed by atoms with van der Waals surface area (Å²) < 4.78 is 1.81. The van der Waals surface area contributed by atoms with Crippen molar-refractivity contribution < 1.29 is 4.79 Å². The van der Waals surface area contributed by atoms with Gasteiger partial charge in [0, 0.05) is 12.1 Å². The van der Waals surface area contributed by atoms with Crippen LogP contribution in [0, 0.1) is 5.92 Å². The van der Waals surface area contributed by atoms with Crippen LogP contribution in [0.4, 0.5) is 5.69 Å². The highest BCUT2D eigenvalue weighted by atomic mass is 16.1. The molecule has 1 saturated heterocycles. The molecule has 1 fully saturated rings. The predicted octanol–water partition coefficient (Wildman–Crippen LogP) is 1.60. The van der Waals surface area contributed by atoms with Gasteiger partial charge in [0.1, 0.15) is 12.7 Å². The first-order valence-corrected chi connectivity index (χ1v) is 7.27. The molecule has 1 atom stereocenters. The fourth-order valence-electron chi connectivity index (χ4n) is 2.60. The lowest BCUT2D eigenvalue weighted by Gasteiger charge is -2.10. The Labute approximate surface area is 123 Å². The number of carbonyl (C=O) groups is 1. The van der Waals surface area contributed by atoms with Crippen LogP contribution in [0.1, 0.15) is 19.3 Å². The first-order valence-electron chi connectivity index (χ1n) is 7.27. The average Bonchev–Trinajstić information content (AvgIpc) is 3.19. The van der Waals surface area contributed by atoms with Gasteiger partial charge in [-0.1, -0.05) is 6.07 Å². The molecule has 3 rings (SSSR count). The van der Waals surface area contributed by atoms with E-state index in [-0.39, 0.29) is 5.91 Å². The van der Waals surface area contributed by atoms with Crippen molar-refractivity contribution >= 4 is 11.6 Å². The zero-order chi connectivity index (χ0) is 14.5. The molecule has 1 amide bonds. The summed E-state index contributed by atoms with van der Waals surface area (Å²) in [5, 5.41) is 13.8. The van der Waals surface area contributed by atoms with Crippen molar-refractivity contribution in [2.24, 2.45) is 5.92 Å². The van der Waals surface area contributed by atoms with Gasteiger partial charge in [0.05, 0.1) is 5.69 Å². The van der Waals surface area contributed by atoms with E-state index in [1.54, 1.807) is 17.2 Å². The number of benzene rings is 1. The molecule has 1 unspecified atom stereocenters. The number of anilines is 1. The molecule has 6 nitrogen and oxygen atoms in total. The Kier molecular flexibility index (Phi) is 4.25. The van der Waals surface area contributed by atoms with Crippen LogP contribution in [0.3, 0.4) is 0 Å². The van der Waals surface area contributed by atoms with E-state index < -0.39 is 0 Å². The fraction of sp³-hybridized carbons (Fsp3) is 0.400. The highest BCUT2D eigenvalue weighted by Crippen LogP contribution is 2.17. The Morgan fingerprint density at radius 3 is 3.00 bits per heavy atom. The summed E-state index contributed by atoms with van der Waals surface area (Å²) in [6.45, 7) is 2.11. The van der Waals surface area contributed by atoms with Crippen LogP contribution in [0.2, 0.25) is 0 Å². The number of amides is 1. The monoisotopic (exact) mass is 285 g/mol. The van der Waals surface area contributed by atoms with Crippen LogP contribution in [-0.2, 0) is 4.79 Å². The summed E-state index contributed by atoms with van der Waals surface area (Å²) in [4.78, 5) is 12.0. The van der Waals surface area contributed by atoms with E-state index in [1.165, 1.54) is 6.42 Å². The molecule has 0 radical (unpaired) electrons. The van der Waals surface area contributed by atoms with E-state index in [0.29, 0.717) is 12.3 Å². The van der Waals surface area contributed by atoms with E-state index in [2.05, 4.69) is 20.8 Å². The Morgan fingerprint density at radius 2 is 2.24 bits per heavy atom. The van der Waals surface area contributed by atoms with Gasteiger partial charge in [0.15, 0.2) is 0 Å². The van der Waals surface area contributed by atoms with Crippen molar-refractivity contribution in [3.05, 3.63) is 36.9 Å². The molecule has 2 N–H and O–H groups in total. The van der Waals surface area contributed by atoms with Crippen molar-refractivity contribution in [3.63, 3.8) is 0 Å². The summed E-state index contributed by atoms with van der Waals surface area (Å²) in [5.41, 5.74) is 1.73. The number of carbonyl (C=O) groups excluding carboxylic acids is 1. The van der Waals surface area contributed by atoms with E-state index >= 15 is 0 Å². The minimum atomic E-state index is 0.0720. The zero-order valence-electron chi connectivity index (χ0n) is 11.8. The molecule has 21 heavy (non-hydrogen) atoms. The van der Waals surface area contributed by atoms with Crippen LogP contribution in [-0.4, -0.2) is 33.8 Å². The lowest BCUT2D eigenvalue weighted by atomic mass is 10.0. The quantitative estimate of drug-likeness (QED) is 0.875. The second-order valence-corrected chi connectivity index (χ2v) is 5.37. The van der Waals surface area contributed by atoms with Crippen molar-refractivity contribution in [2.45, 2.75) is 19.3 Å². The maximum Gasteiger partial charge on any atom is 0.224 e. The average molecular weight is 285 g/mol. The second kappa shape index (κ2) is 6.49. The van der Waals surface area contributed by atoms with Crippen LogP contribution < -0.4 is 10.6 Å². The van der Waals surface area contributed by atoms with E-state index in [4.69, 9.17) is 0 Å². The first-order chi connectivity index (χ1) is 10.3. The maximum atomic E-state index is 12.0. The third-order valence-corrected chi connectivity index (χ3v) is 3.79. The molecule has 2 aromatic rings.